The minimum atomic E-state index is -0.737. The third-order valence-corrected chi connectivity index (χ3v) is 3.56. The molecule has 0 saturated heterocycles. The Labute approximate surface area is 151 Å². The average Bonchev–Trinajstić information content (AvgIpc) is 2.69. The minimum absolute atomic E-state index is 0.0309. The number of hydrogen-bond donors (Lipinski definition) is 0. The van der Waals surface area contributed by atoms with Crippen LogP contribution in [-0.4, -0.2) is 26.7 Å². The Morgan fingerprint density at radius 2 is 1.88 bits per heavy atom. The molecule has 2 rings (SSSR count). The molecule has 0 aliphatic rings. The molecule has 0 saturated carbocycles. The summed E-state index contributed by atoms with van der Waals surface area (Å²) in [5.74, 6) is 0.502. The molecular formula is C19H19N3O4. The Hall–Kier alpha value is -3.44. The van der Waals surface area contributed by atoms with Crippen molar-refractivity contribution in [2.45, 2.75) is 6.10 Å². The van der Waals surface area contributed by atoms with Crippen molar-refractivity contribution >= 4 is 12.0 Å². The summed E-state index contributed by atoms with van der Waals surface area (Å²) in [6.45, 7) is -0.0309. The number of hydrogen-bond acceptors (Lipinski definition) is 5. The second-order valence-corrected chi connectivity index (χ2v) is 5.20. The number of ether oxygens (including phenoxy) is 3. The van der Waals surface area contributed by atoms with E-state index < -0.39 is 12.1 Å². The number of methoxy groups -OCH3 is 2. The van der Waals surface area contributed by atoms with Crippen LogP contribution < -0.4 is 9.47 Å². The maximum atomic E-state index is 12.1. The van der Waals surface area contributed by atoms with Crippen LogP contribution in [0.25, 0.3) is 16.5 Å². The number of esters is 1. The van der Waals surface area contributed by atoms with Crippen LogP contribution in [0.4, 0.5) is 0 Å². The lowest BCUT2D eigenvalue weighted by atomic mass is 10.1. The van der Waals surface area contributed by atoms with Crippen molar-refractivity contribution in [2.24, 2.45) is 5.11 Å². The van der Waals surface area contributed by atoms with Crippen molar-refractivity contribution < 1.29 is 19.0 Å². The van der Waals surface area contributed by atoms with E-state index in [4.69, 9.17) is 19.7 Å². The average molecular weight is 353 g/mol. The first-order valence-corrected chi connectivity index (χ1v) is 7.84. The number of carbonyl (C=O) groups excluding carboxylic acids is 1. The van der Waals surface area contributed by atoms with Crippen LogP contribution in [0, 0.1) is 0 Å². The summed E-state index contributed by atoms with van der Waals surface area (Å²) < 4.78 is 15.9. The summed E-state index contributed by atoms with van der Waals surface area (Å²) in [7, 11) is 3.04. The first-order chi connectivity index (χ1) is 12.7. The van der Waals surface area contributed by atoms with Gasteiger partial charge in [0.1, 0.15) is 6.10 Å². The van der Waals surface area contributed by atoms with Crippen LogP contribution in [0.5, 0.6) is 11.5 Å². The number of benzene rings is 2. The zero-order valence-corrected chi connectivity index (χ0v) is 14.5. The van der Waals surface area contributed by atoms with Crippen LogP contribution >= 0.6 is 0 Å². The molecule has 0 bridgehead atoms. The van der Waals surface area contributed by atoms with Gasteiger partial charge in [0.2, 0.25) is 0 Å². The van der Waals surface area contributed by atoms with E-state index in [0.29, 0.717) is 17.1 Å². The molecule has 0 amide bonds. The van der Waals surface area contributed by atoms with Gasteiger partial charge in [-0.25, -0.2) is 4.79 Å². The number of azide groups is 1. The molecule has 0 spiro atoms. The van der Waals surface area contributed by atoms with Gasteiger partial charge in [-0.3, -0.25) is 0 Å². The largest absolute Gasteiger partial charge is 0.493 e. The smallest absolute Gasteiger partial charge is 0.331 e. The topological polar surface area (TPSA) is 93.5 Å². The molecule has 2 aromatic rings. The summed E-state index contributed by atoms with van der Waals surface area (Å²) in [4.78, 5) is 14.9. The van der Waals surface area contributed by atoms with Gasteiger partial charge in [0, 0.05) is 11.0 Å². The summed E-state index contributed by atoms with van der Waals surface area (Å²) >= 11 is 0. The van der Waals surface area contributed by atoms with Crippen LogP contribution in [0.2, 0.25) is 0 Å². The van der Waals surface area contributed by atoms with Crippen LogP contribution in [-0.2, 0) is 9.53 Å². The molecule has 0 aromatic heterocycles. The van der Waals surface area contributed by atoms with Crippen LogP contribution in [0.15, 0.2) is 59.7 Å². The number of rotatable bonds is 8. The zero-order chi connectivity index (χ0) is 18.8. The molecule has 2 aromatic carbocycles. The highest BCUT2D eigenvalue weighted by Crippen LogP contribution is 2.31. The molecular weight excluding hydrogens is 334 g/mol. The van der Waals surface area contributed by atoms with Crippen molar-refractivity contribution in [3.63, 3.8) is 0 Å². The lowest BCUT2D eigenvalue weighted by Crippen LogP contribution is -2.12. The highest BCUT2D eigenvalue weighted by Gasteiger charge is 2.17. The molecule has 7 heteroatoms. The van der Waals surface area contributed by atoms with Crippen molar-refractivity contribution in [2.75, 3.05) is 20.8 Å². The molecule has 0 fully saturated rings. The fourth-order valence-electron chi connectivity index (χ4n) is 2.28. The van der Waals surface area contributed by atoms with E-state index >= 15 is 0 Å². The highest BCUT2D eigenvalue weighted by atomic mass is 16.5. The second-order valence-electron chi connectivity index (χ2n) is 5.20. The summed E-state index contributed by atoms with van der Waals surface area (Å²) in [5, 5.41) is 3.53. The molecule has 26 heavy (non-hydrogen) atoms. The molecule has 1 atom stereocenters. The third-order valence-electron chi connectivity index (χ3n) is 3.56. The Balaban J connectivity index is 2.17. The van der Waals surface area contributed by atoms with Crippen molar-refractivity contribution in [3.8, 4) is 11.5 Å². The van der Waals surface area contributed by atoms with Gasteiger partial charge in [-0.2, -0.15) is 0 Å². The summed E-state index contributed by atoms with van der Waals surface area (Å²) in [6, 6.07) is 14.5. The van der Waals surface area contributed by atoms with E-state index in [-0.39, 0.29) is 6.54 Å². The maximum Gasteiger partial charge on any atom is 0.331 e. The molecule has 0 heterocycles. The van der Waals surface area contributed by atoms with Gasteiger partial charge in [0.05, 0.1) is 20.8 Å². The highest BCUT2D eigenvalue weighted by molar-refractivity contribution is 5.87. The Kier molecular flexibility index (Phi) is 7.09. The van der Waals surface area contributed by atoms with Gasteiger partial charge in [-0.15, -0.1) is 0 Å². The first kappa shape index (κ1) is 18.9. The van der Waals surface area contributed by atoms with E-state index in [2.05, 4.69) is 10.0 Å². The predicted octanol–water partition coefficient (Wildman–Crippen LogP) is 4.31. The van der Waals surface area contributed by atoms with E-state index in [9.17, 15) is 4.79 Å². The lowest BCUT2D eigenvalue weighted by molar-refractivity contribution is -0.142. The van der Waals surface area contributed by atoms with E-state index in [1.54, 1.807) is 24.3 Å². The Morgan fingerprint density at radius 3 is 2.54 bits per heavy atom. The standard InChI is InChI=1S/C19H19N3O4/c1-24-16-10-9-15(12-17(16)25-2)18(13-21-22-20)26-19(23)11-8-14-6-4-3-5-7-14/h3-12,18H,13H2,1-2H3/t18-/m1/s1. The fraction of sp³-hybridized carbons (Fsp3) is 0.211. The van der Waals surface area contributed by atoms with E-state index in [0.717, 1.165) is 5.56 Å². The summed E-state index contributed by atoms with van der Waals surface area (Å²) in [6.07, 6.45) is 2.25. The molecule has 7 nitrogen and oxygen atoms in total. The SMILES string of the molecule is COc1ccc([C@@H](CN=[N+]=[N-])OC(=O)C=Cc2ccccc2)cc1OC. The Morgan fingerprint density at radius 1 is 1.15 bits per heavy atom. The molecule has 0 radical (unpaired) electrons. The van der Waals surface area contributed by atoms with Gasteiger partial charge >= 0.3 is 5.97 Å². The molecule has 0 aliphatic carbocycles. The number of carbonyl (C=O) groups is 1. The van der Waals surface area contributed by atoms with Gasteiger partial charge in [-0.1, -0.05) is 41.5 Å². The van der Waals surface area contributed by atoms with Crippen molar-refractivity contribution in [1.82, 2.24) is 0 Å². The second kappa shape index (κ2) is 9.76. The quantitative estimate of drug-likeness (QED) is 0.232. The normalized spacial score (nSPS) is 11.5. The minimum Gasteiger partial charge on any atom is -0.493 e. The third kappa shape index (κ3) is 5.29. The molecule has 0 aliphatic heterocycles. The maximum absolute atomic E-state index is 12.1. The van der Waals surface area contributed by atoms with E-state index in [1.165, 1.54) is 20.3 Å². The first-order valence-electron chi connectivity index (χ1n) is 7.84. The van der Waals surface area contributed by atoms with Crippen LogP contribution in [0.1, 0.15) is 17.2 Å². The zero-order valence-electron chi connectivity index (χ0n) is 14.5. The van der Waals surface area contributed by atoms with Crippen LogP contribution in [0.3, 0.4) is 0 Å². The summed E-state index contributed by atoms with van der Waals surface area (Å²) in [5.41, 5.74) is 10.1. The number of nitrogens with zero attached hydrogens (tertiary/aromatic N) is 3. The van der Waals surface area contributed by atoms with Crippen molar-refractivity contribution in [3.05, 3.63) is 76.2 Å². The molecule has 0 N–H and O–H groups in total. The fourth-order valence-corrected chi connectivity index (χ4v) is 2.28. The van der Waals surface area contributed by atoms with Gasteiger partial charge in [-0.05, 0) is 34.9 Å². The van der Waals surface area contributed by atoms with Gasteiger partial charge < -0.3 is 14.2 Å². The van der Waals surface area contributed by atoms with Gasteiger partial charge in [0.25, 0.3) is 0 Å². The van der Waals surface area contributed by atoms with E-state index in [1.807, 2.05) is 30.3 Å². The van der Waals surface area contributed by atoms with Gasteiger partial charge in [0.15, 0.2) is 11.5 Å². The van der Waals surface area contributed by atoms with Crippen molar-refractivity contribution in [1.29, 1.82) is 0 Å². The Bertz CT molecular complexity index is 815. The lowest BCUT2D eigenvalue weighted by Gasteiger charge is -2.17. The molecule has 134 valence electrons. The monoisotopic (exact) mass is 353 g/mol. The predicted molar refractivity (Wildman–Crippen MR) is 97.9 cm³/mol. The molecule has 0 unspecified atom stereocenters.